The van der Waals surface area contributed by atoms with Gasteiger partial charge in [0.1, 0.15) is 0 Å². The molecule has 0 aliphatic heterocycles. The number of aromatic amines is 1. The minimum atomic E-state index is -0.530. The summed E-state index contributed by atoms with van der Waals surface area (Å²) in [7, 11) is 0. The Morgan fingerprint density at radius 2 is 1.95 bits per heavy atom. The van der Waals surface area contributed by atoms with Crippen molar-refractivity contribution in [1.82, 2.24) is 4.98 Å². The SMILES string of the molecule is Nc1cc2oc(=O)[nH]c2cc1Nc1cc(Cl)ccc1Cl. The Morgan fingerprint density at radius 3 is 2.75 bits per heavy atom. The number of benzene rings is 2. The molecule has 7 heteroatoms. The molecular weight excluding hydrogens is 301 g/mol. The van der Waals surface area contributed by atoms with Gasteiger partial charge in [0.25, 0.3) is 0 Å². The summed E-state index contributed by atoms with van der Waals surface area (Å²) in [6.07, 6.45) is 0. The van der Waals surface area contributed by atoms with E-state index in [-0.39, 0.29) is 0 Å². The standard InChI is InChI=1S/C13H9Cl2N3O2/c14-6-1-2-7(15)9(3-6)17-10-5-11-12(4-8(10)16)20-13(19)18-11/h1-5,17H,16H2,(H,18,19). The molecule has 0 fully saturated rings. The van der Waals surface area contributed by atoms with Gasteiger partial charge in [0.15, 0.2) is 5.58 Å². The van der Waals surface area contributed by atoms with Crippen LogP contribution in [-0.4, -0.2) is 4.98 Å². The quantitative estimate of drug-likeness (QED) is 0.629. The summed E-state index contributed by atoms with van der Waals surface area (Å²) < 4.78 is 4.93. The molecule has 0 radical (unpaired) electrons. The Bertz CT molecular complexity index is 854. The number of fused-ring (bicyclic) bond motifs is 1. The Kier molecular flexibility index (Phi) is 3.08. The fourth-order valence-corrected chi connectivity index (χ4v) is 2.20. The van der Waals surface area contributed by atoms with Gasteiger partial charge in [-0.3, -0.25) is 4.98 Å². The molecule has 1 heterocycles. The lowest BCUT2D eigenvalue weighted by Crippen LogP contribution is -1.97. The number of aromatic nitrogens is 1. The largest absolute Gasteiger partial charge is 0.417 e. The number of nitrogens with two attached hydrogens (primary N) is 1. The zero-order chi connectivity index (χ0) is 14.3. The summed E-state index contributed by atoms with van der Waals surface area (Å²) in [5.74, 6) is -0.530. The van der Waals surface area contributed by atoms with Crippen LogP contribution >= 0.6 is 23.2 Å². The molecule has 5 nitrogen and oxygen atoms in total. The van der Waals surface area contributed by atoms with Gasteiger partial charge in [0.2, 0.25) is 0 Å². The second-order valence-electron chi connectivity index (χ2n) is 4.20. The Morgan fingerprint density at radius 1 is 1.15 bits per heavy atom. The normalized spacial score (nSPS) is 10.9. The summed E-state index contributed by atoms with van der Waals surface area (Å²) in [5, 5.41) is 4.14. The molecule has 0 atom stereocenters. The maximum Gasteiger partial charge on any atom is 0.417 e. The van der Waals surface area contributed by atoms with Gasteiger partial charge >= 0.3 is 5.76 Å². The van der Waals surface area contributed by atoms with Crippen molar-refractivity contribution in [1.29, 1.82) is 0 Å². The molecule has 4 N–H and O–H groups in total. The maximum atomic E-state index is 11.1. The number of hydrogen-bond donors (Lipinski definition) is 3. The van der Waals surface area contributed by atoms with E-state index >= 15 is 0 Å². The topological polar surface area (TPSA) is 84.0 Å². The van der Waals surface area contributed by atoms with E-state index in [2.05, 4.69) is 10.3 Å². The summed E-state index contributed by atoms with van der Waals surface area (Å²) >= 11 is 12.0. The molecule has 0 amide bonds. The molecule has 0 unspecified atom stereocenters. The summed E-state index contributed by atoms with van der Waals surface area (Å²) in [6, 6.07) is 8.29. The van der Waals surface area contributed by atoms with Crippen LogP contribution in [0.4, 0.5) is 17.1 Å². The monoisotopic (exact) mass is 309 g/mol. The van der Waals surface area contributed by atoms with Crippen LogP contribution in [0.1, 0.15) is 0 Å². The minimum absolute atomic E-state index is 0.398. The molecule has 20 heavy (non-hydrogen) atoms. The summed E-state index contributed by atoms with van der Waals surface area (Å²) in [4.78, 5) is 13.7. The Labute approximate surface area is 123 Å². The van der Waals surface area contributed by atoms with Crippen LogP contribution in [0.15, 0.2) is 39.5 Å². The van der Waals surface area contributed by atoms with Crippen molar-refractivity contribution in [2.75, 3.05) is 11.1 Å². The van der Waals surface area contributed by atoms with Crippen LogP contribution in [0, 0.1) is 0 Å². The number of oxazole rings is 1. The highest BCUT2D eigenvalue weighted by atomic mass is 35.5. The van der Waals surface area contributed by atoms with Crippen LogP contribution in [0.3, 0.4) is 0 Å². The van der Waals surface area contributed by atoms with Gasteiger partial charge in [-0.1, -0.05) is 23.2 Å². The van der Waals surface area contributed by atoms with Crippen molar-refractivity contribution in [3.63, 3.8) is 0 Å². The molecule has 1 aromatic heterocycles. The van der Waals surface area contributed by atoms with Crippen LogP contribution < -0.4 is 16.8 Å². The number of rotatable bonds is 2. The molecule has 0 aliphatic rings. The number of halogens is 2. The van der Waals surface area contributed by atoms with E-state index in [0.29, 0.717) is 38.2 Å². The van der Waals surface area contributed by atoms with Crippen LogP contribution in [0.5, 0.6) is 0 Å². The van der Waals surface area contributed by atoms with E-state index in [1.165, 1.54) is 0 Å². The lowest BCUT2D eigenvalue weighted by Gasteiger charge is -2.11. The summed E-state index contributed by atoms with van der Waals surface area (Å²) in [6.45, 7) is 0. The van der Waals surface area contributed by atoms with Crippen LogP contribution in [0.25, 0.3) is 11.1 Å². The summed E-state index contributed by atoms with van der Waals surface area (Å²) in [5.41, 5.74) is 8.51. The smallest absolute Gasteiger partial charge is 0.408 e. The third-order valence-electron chi connectivity index (χ3n) is 2.79. The van der Waals surface area contributed by atoms with Crippen LogP contribution in [0.2, 0.25) is 10.0 Å². The van der Waals surface area contributed by atoms with Crippen molar-refractivity contribution in [2.24, 2.45) is 0 Å². The zero-order valence-electron chi connectivity index (χ0n) is 10.0. The Balaban J connectivity index is 2.07. The van der Waals surface area contributed by atoms with Crippen molar-refractivity contribution in [3.05, 3.63) is 50.9 Å². The van der Waals surface area contributed by atoms with E-state index in [4.69, 9.17) is 33.4 Å². The third-order valence-corrected chi connectivity index (χ3v) is 3.35. The fourth-order valence-electron chi connectivity index (χ4n) is 1.86. The van der Waals surface area contributed by atoms with Gasteiger partial charge in [-0.05, 0) is 24.3 Å². The second kappa shape index (κ2) is 4.77. The maximum absolute atomic E-state index is 11.1. The lowest BCUT2D eigenvalue weighted by molar-refractivity contribution is 0.555. The predicted octanol–water partition coefficient (Wildman–Crippen LogP) is 3.75. The predicted molar refractivity (Wildman–Crippen MR) is 81.0 cm³/mol. The Hall–Kier alpha value is -2.11. The molecule has 0 spiro atoms. The first-order valence-electron chi connectivity index (χ1n) is 5.67. The minimum Gasteiger partial charge on any atom is -0.408 e. The van der Waals surface area contributed by atoms with E-state index in [9.17, 15) is 4.79 Å². The molecule has 3 aromatic rings. The lowest BCUT2D eigenvalue weighted by atomic mass is 10.2. The first kappa shape index (κ1) is 12.9. The van der Waals surface area contributed by atoms with E-state index in [1.807, 2.05) is 0 Å². The average molecular weight is 310 g/mol. The molecule has 2 aromatic carbocycles. The van der Waals surface area contributed by atoms with Gasteiger partial charge in [0, 0.05) is 11.1 Å². The van der Waals surface area contributed by atoms with E-state index < -0.39 is 5.76 Å². The highest BCUT2D eigenvalue weighted by Crippen LogP contribution is 2.32. The van der Waals surface area contributed by atoms with Gasteiger partial charge < -0.3 is 15.5 Å². The van der Waals surface area contributed by atoms with Gasteiger partial charge in [-0.25, -0.2) is 4.79 Å². The van der Waals surface area contributed by atoms with E-state index in [1.54, 1.807) is 30.3 Å². The zero-order valence-corrected chi connectivity index (χ0v) is 11.5. The van der Waals surface area contributed by atoms with Gasteiger partial charge in [0.05, 0.1) is 27.6 Å². The number of H-pyrrole nitrogens is 1. The van der Waals surface area contributed by atoms with Crippen LogP contribution in [-0.2, 0) is 0 Å². The number of hydrogen-bond acceptors (Lipinski definition) is 4. The molecule has 102 valence electrons. The number of nitrogens with one attached hydrogen (secondary N) is 2. The molecule has 0 bridgehead atoms. The highest BCUT2D eigenvalue weighted by Gasteiger charge is 2.09. The molecule has 3 rings (SSSR count). The number of nitrogen functional groups attached to an aromatic ring is 1. The van der Waals surface area contributed by atoms with Crippen molar-refractivity contribution in [3.8, 4) is 0 Å². The van der Waals surface area contributed by atoms with Gasteiger partial charge in [-0.15, -0.1) is 0 Å². The molecule has 0 saturated heterocycles. The first-order chi connectivity index (χ1) is 9.52. The van der Waals surface area contributed by atoms with Crippen molar-refractivity contribution < 1.29 is 4.42 Å². The average Bonchev–Trinajstić information content (AvgIpc) is 2.73. The van der Waals surface area contributed by atoms with Crippen molar-refractivity contribution >= 4 is 51.4 Å². The van der Waals surface area contributed by atoms with Gasteiger partial charge in [-0.2, -0.15) is 0 Å². The fraction of sp³-hybridized carbons (Fsp3) is 0. The molecular formula is C13H9Cl2N3O2. The second-order valence-corrected chi connectivity index (χ2v) is 5.04. The third kappa shape index (κ3) is 2.33. The molecule has 0 saturated carbocycles. The van der Waals surface area contributed by atoms with Crippen molar-refractivity contribution in [2.45, 2.75) is 0 Å². The van der Waals surface area contributed by atoms with E-state index in [0.717, 1.165) is 0 Å². The number of anilines is 3. The highest BCUT2D eigenvalue weighted by molar-refractivity contribution is 6.35. The first-order valence-corrected chi connectivity index (χ1v) is 6.43. The molecule has 0 aliphatic carbocycles.